The zero-order valence-corrected chi connectivity index (χ0v) is 9.14. The van der Waals surface area contributed by atoms with E-state index in [-0.39, 0.29) is 5.41 Å². The summed E-state index contributed by atoms with van der Waals surface area (Å²) in [6, 6.07) is 14.6. The molecule has 0 fully saturated rings. The second-order valence-corrected chi connectivity index (χ2v) is 4.23. The van der Waals surface area contributed by atoms with Crippen LogP contribution < -0.4 is 0 Å². The summed E-state index contributed by atoms with van der Waals surface area (Å²) in [6.07, 6.45) is 3.75. The van der Waals surface area contributed by atoms with Crippen LogP contribution in [-0.2, 0) is 5.41 Å². The molecule has 0 amide bonds. The van der Waals surface area contributed by atoms with E-state index in [1.807, 2.05) is 24.5 Å². The standard InChI is InChI=1S/C14H15N/c1-14(2,12-7-4-3-5-8-12)13-9-6-10-15-11-13/h3-11H,1-2H3. The lowest BCUT2D eigenvalue weighted by Gasteiger charge is -2.25. The van der Waals surface area contributed by atoms with E-state index in [1.165, 1.54) is 11.1 Å². The first kappa shape index (κ1) is 9.91. The minimum Gasteiger partial charge on any atom is -0.264 e. The third kappa shape index (κ3) is 1.91. The van der Waals surface area contributed by atoms with Crippen molar-refractivity contribution in [2.24, 2.45) is 0 Å². The van der Waals surface area contributed by atoms with Gasteiger partial charge in [0, 0.05) is 17.8 Å². The molecule has 0 unspecified atom stereocenters. The van der Waals surface area contributed by atoms with Crippen LogP contribution in [0.2, 0.25) is 0 Å². The Kier molecular flexibility index (Phi) is 2.55. The van der Waals surface area contributed by atoms with Crippen LogP contribution in [0, 0.1) is 0 Å². The average molecular weight is 197 g/mol. The van der Waals surface area contributed by atoms with Crippen molar-refractivity contribution in [1.82, 2.24) is 4.98 Å². The zero-order chi connectivity index (χ0) is 10.7. The molecule has 1 nitrogen and oxygen atoms in total. The van der Waals surface area contributed by atoms with Crippen LogP contribution in [0.4, 0.5) is 0 Å². The van der Waals surface area contributed by atoms with Gasteiger partial charge in [-0.2, -0.15) is 0 Å². The highest BCUT2D eigenvalue weighted by Gasteiger charge is 2.22. The van der Waals surface area contributed by atoms with Crippen LogP contribution in [0.25, 0.3) is 0 Å². The first-order chi connectivity index (χ1) is 7.21. The maximum absolute atomic E-state index is 4.18. The average Bonchev–Trinajstić information content (AvgIpc) is 2.31. The topological polar surface area (TPSA) is 12.9 Å². The molecule has 76 valence electrons. The zero-order valence-electron chi connectivity index (χ0n) is 9.14. The normalized spacial score (nSPS) is 11.3. The fourth-order valence-electron chi connectivity index (χ4n) is 1.75. The summed E-state index contributed by atoms with van der Waals surface area (Å²) < 4.78 is 0. The Bertz CT molecular complexity index is 376. The molecular weight excluding hydrogens is 182 g/mol. The Labute approximate surface area is 90.8 Å². The van der Waals surface area contributed by atoms with Gasteiger partial charge in [0.15, 0.2) is 0 Å². The Morgan fingerprint density at radius 2 is 1.53 bits per heavy atom. The second kappa shape index (κ2) is 3.85. The highest BCUT2D eigenvalue weighted by Crippen LogP contribution is 2.30. The van der Waals surface area contributed by atoms with Gasteiger partial charge >= 0.3 is 0 Å². The molecule has 2 aromatic rings. The molecule has 0 spiro atoms. The molecular formula is C14H15N. The Balaban J connectivity index is 2.44. The number of rotatable bonds is 2. The smallest absolute Gasteiger partial charge is 0.0308 e. The molecule has 2 rings (SSSR count). The molecule has 0 saturated carbocycles. The summed E-state index contributed by atoms with van der Waals surface area (Å²) in [5, 5.41) is 0. The van der Waals surface area contributed by atoms with Gasteiger partial charge < -0.3 is 0 Å². The van der Waals surface area contributed by atoms with E-state index in [2.05, 4.69) is 49.2 Å². The van der Waals surface area contributed by atoms with E-state index in [1.54, 1.807) is 0 Å². The van der Waals surface area contributed by atoms with Gasteiger partial charge in [0.1, 0.15) is 0 Å². The Morgan fingerprint density at radius 3 is 2.13 bits per heavy atom. The lowest BCUT2D eigenvalue weighted by Crippen LogP contribution is -2.18. The third-order valence-corrected chi connectivity index (χ3v) is 2.88. The molecule has 0 aliphatic carbocycles. The van der Waals surface area contributed by atoms with Gasteiger partial charge in [-0.15, -0.1) is 0 Å². The molecule has 1 aromatic heterocycles. The predicted octanol–water partition coefficient (Wildman–Crippen LogP) is 3.41. The summed E-state index contributed by atoms with van der Waals surface area (Å²) >= 11 is 0. The van der Waals surface area contributed by atoms with Crippen LogP contribution in [0.1, 0.15) is 25.0 Å². The summed E-state index contributed by atoms with van der Waals surface area (Å²) in [5.41, 5.74) is 2.59. The molecule has 1 aromatic carbocycles. The molecule has 1 heteroatoms. The maximum atomic E-state index is 4.18. The van der Waals surface area contributed by atoms with Crippen molar-refractivity contribution < 1.29 is 0 Å². The predicted molar refractivity (Wildman–Crippen MR) is 62.8 cm³/mol. The van der Waals surface area contributed by atoms with E-state index in [0.717, 1.165) is 0 Å². The van der Waals surface area contributed by atoms with Gasteiger partial charge in [0.25, 0.3) is 0 Å². The monoisotopic (exact) mass is 197 g/mol. The number of nitrogens with zero attached hydrogens (tertiary/aromatic N) is 1. The lowest BCUT2D eigenvalue weighted by atomic mass is 9.79. The van der Waals surface area contributed by atoms with Crippen molar-refractivity contribution in [3.05, 3.63) is 66.0 Å². The largest absolute Gasteiger partial charge is 0.264 e. The van der Waals surface area contributed by atoms with Crippen molar-refractivity contribution in [1.29, 1.82) is 0 Å². The number of benzene rings is 1. The van der Waals surface area contributed by atoms with E-state index >= 15 is 0 Å². The number of hydrogen-bond acceptors (Lipinski definition) is 1. The quantitative estimate of drug-likeness (QED) is 0.719. The molecule has 0 bridgehead atoms. The molecule has 15 heavy (non-hydrogen) atoms. The van der Waals surface area contributed by atoms with Crippen molar-refractivity contribution >= 4 is 0 Å². The van der Waals surface area contributed by atoms with Gasteiger partial charge in [0.05, 0.1) is 0 Å². The van der Waals surface area contributed by atoms with E-state index in [4.69, 9.17) is 0 Å². The molecule has 0 radical (unpaired) electrons. The van der Waals surface area contributed by atoms with Crippen molar-refractivity contribution in [2.45, 2.75) is 19.3 Å². The fraction of sp³-hybridized carbons (Fsp3) is 0.214. The minimum atomic E-state index is 0.0233. The molecule has 1 heterocycles. The molecule has 0 aliphatic heterocycles. The molecule has 0 saturated heterocycles. The summed E-state index contributed by atoms with van der Waals surface area (Å²) in [5.74, 6) is 0. The van der Waals surface area contributed by atoms with Crippen LogP contribution >= 0.6 is 0 Å². The maximum Gasteiger partial charge on any atom is 0.0308 e. The van der Waals surface area contributed by atoms with Crippen molar-refractivity contribution in [3.63, 3.8) is 0 Å². The third-order valence-electron chi connectivity index (χ3n) is 2.88. The summed E-state index contributed by atoms with van der Waals surface area (Å²) in [4.78, 5) is 4.18. The highest BCUT2D eigenvalue weighted by molar-refractivity contribution is 5.35. The van der Waals surface area contributed by atoms with E-state index in [0.29, 0.717) is 0 Å². The second-order valence-electron chi connectivity index (χ2n) is 4.23. The SMILES string of the molecule is CC(C)(c1ccccc1)c1cccnc1. The fourth-order valence-corrected chi connectivity index (χ4v) is 1.75. The summed E-state index contributed by atoms with van der Waals surface area (Å²) in [7, 11) is 0. The van der Waals surface area contributed by atoms with E-state index in [9.17, 15) is 0 Å². The van der Waals surface area contributed by atoms with Gasteiger partial charge in [-0.25, -0.2) is 0 Å². The number of hydrogen-bond donors (Lipinski definition) is 0. The van der Waals surface area contributed by atoms with Gasteiger partial charge in [-0.1, -0.05) is 50.2 Å². The minimum absolute atomic E-state index is 0.0233. The first-order valence-corrected chi connectivity index (χ1v) is 5.17. The van der Waals surface area contributed by atoms with Crippen molar-refractivity contribution in [2.75, 3.05) is 0 Å². The number of aromatic nitrogens is 1. The Hall–Kier alpha value is -1.63. The van der Waals surface area contributed by atoms with Crippen LogP contribution in [0.15, 0.2) is 54.9 Å². The highest BCUT2D eigenvalue weighted by atomic mass is 14.6. The first-order valence-electron chi connectivity index (χ1n) is 5.17. The van der Waals surface area contributed by atoms with Crippen LogP contribution in [-0.4, -0.2) is 4.98 Å². The van der Waals surface area contributed by atoms with Crippen molar-refractivity contribution in [3.8, 4) is 0 Å². The number of pyridine rings is 1. The Morgan fingerprint density at radius 1 is 0.867 bits per heavy atom. The van der Waals surface area contributed by atoms with Crippen LogP contribution in [0.5, 0.6) is 0 Å². The summed E-state index contributed by atoms with van der Waals surface area (Å²) in [6.45, 7) is 4.44. The van der Waals surface area contributed by atoms with Gasteiger partial charge in [-0.05, 0) is 17.2 Å². The lowest BCUT2D eigenvalue weighted by molar-refractivity contribution is 0.637. The van der Waals surface area contributed by atoms with Gasteiger partial charge in [-0.3, -0.25) is 4.98 Å². The van der Waals surface area contributed by atoms with Crippen LogP contribution in [0.3, 0.4) is 0 Å². The van der Waals surface area contributed by atoms with Gasteiger partial charge in [0.2, 0.25) is 0 Å². The molecule has 0 aliphatic rings. The molecule has 0 atom stereocenters. The van der Waals surface area contributed by atoms with E-state index < -0.39 is 0 Å². The molecule has 0 N–H and O–H groups in total.